The molecule has 6 rings (SSSR count). The van der Waals surface area contributed by atoms with Gasteiger partial charge in [0, 0.05) is 31.6 Å². The van der Waals surface area contributed by atoms with Crippen molar-refractivity contribution >= 4 is 22.9 Å². The van der Waals surface area contributed by atoms with Crippen molar-refractivity contribution in [2.45, 2.75) is 42.9 Å². The highest BCUT2D eigenvalue weighted by Crippen LogP contribution is 2.34. The molecule has 11 heteroatoms. The van der Waals surface area contributed by atoms with E-state index < -0.39 is 31.1 Å². The van der Waals surface area contributed by atoms with Gasteiger partial charge < -0.3 is 36.0 Å². The van der Waals surface area contributed by atoms with Crippen LogP contribution >= 0.6 is 0 Å². The molecule has 2 aliphatic rings. The Bertz CT molecular complexity index is 1360. The predicted octanol–water partition coefficient (Wildman–Crippen LogP) is 1.22. The maximum Gasteiger partial charge on any atom is 0.229 e. The van der Waals surface area contributed by atoms with Crippen LogP contribution in [-0.2, 0) is 4.74 Å². The fraction of sp³-hybridized carbons (Fsp3) is 0.393. The van der Waals surface area contributed by atoms with E-state index in [1.165, 1.54) is 17.5 Å². The summed E-state index contributed by atoms with van der Waals surface area (Å²) in [6.07, 6.45) is -1.99. The number of aliphatic hydroxyl groups is 3. The van der Waals surface area contributed by atoms with Crippen LogP contribution in [0.1, 0.15) is 29.7 Å². The Hall–Kier alpha value is -3.61. The number of benzene rings is 2. The van der Waals surface area contributed by atoms with Crippen LogP contribution in [0.4, 0.5) is 11.8 Å². The number of hydrogen-bond acceptors (Lipinski definition) is 10. The largest absolute Gasteiger partial charge is 0.394 e. The van der Waals surface area contributed by atoms with Crippen LogP contribution in [-0.4, -0.2) is 85.4 Å². The average Bonchev–Trinajstić information content (AvgIpc) is 3.67. The highest BCUT2D eigenvalue weighted by molar-refractivity contribution is 5.84. The van der Waals surface area contributed by atoms with Gasteiger partial charge >= 0.3 is 0 Å². The lowest BCUT2D eigenvalue weighted by Crippen LogP contribution is -2.33. The molecule has 4 heterocycles. The highest BCUT2D eigenvalue weighted by atomic mass is 16.6. The normalized spacial score (nSPS) is 25.2. The van der Waals surface area contributed by atoms with Gasteiger partial charge in [0.25, 0.3) is 0 Å². The summed E-state index contributed by atoms with van der Waals surface area (Å²) in [6, 6.07) is 20.6. The molecule has 39 heavy (non-hydrogen) atoms. The van der Waals surface area contributed by atoms with Gasteiger partial charge in [0.05, 0.1) is 12.9 Å². The fourth-order valence-corrected chi connectivity index (χ4v) is 5.43. The minimum atomic E-state index is -1.25. The zero-order valence-corrected chi connectivity index (χ0v) is 21.4. The van der Waals surface area contributed by atoms with E-state index in [9.17, 15) is 15.3 Å². The maximum absolute atomic E-state index is 10.7. The molecular weight excluding hydrogens is 498 g/mol. The zero-order valence-electron chi connectivity index (χ0n) is 21.4. The van der Waals surface area contributed by atoms with Crippen molar-refractivity contribution in [2.75, 3.05) is 36.5 Å². The van der Waals surface area contributed by atoms with E-state index in [4.69, 9.17) is 20.4 Å². The lowest BCUT2D eigenvalue weighted by Gasteiger charge is -2.21. The third-order valence-corrected chi connectivity index (χ3v) is 7.59. The zero-order chi connectivity index (χ0) is 26.9. The minimum Gasteiger partial charge on any atom is -0.394 e. The molecule has 0 bridgehead atoms. The van der Waals surface area contributed by atoms with E-state index in [-0.39, 0.29) is 12.0 Å². The SMILES string of the molecule is N[C@H]1CCN(c2nc(NCC(c3ccccc3)c3ccccc3)c3ncn([C@@H]4O[C@H](CO)[C@@H](O)[C@H]4O)c3n2)C1. The Morgan fingerprint density at radius 1 is 1.00 bits per heavy atom. The predicted molar refractivity (Wildman–Crippen MR) is 146 cm³/mol. The van der Waals surface area contributed by atoms with Crippen molar-refractivity contribution in [3.63, 3.8) is 0 Å². The first-order chi connectivity index (χ1) is 19.0. The van der Waals surface area contributed by atoms with E-state index in [1.807, 2.05) is 41.3 Å². The Balaban J connectivity index is 1.38. The summed E-state index contributed by atoms with van der Waals surface area (Å²) >= 11 is 0. The number of rotatable bonds is 8. The fourth-order valence-electron chi connectivity index (χ4n) is 5.43. The Labute approximate surface area is 225 Å². The van der Waals surface area contributed by atoms with E-state index in [0.29, 0.717) is 36.0 Å². The van der Waals surface area contributed by atoms with Crippen molar-refractivity contribution in [3.05, 3.63) is 78.1 Å². The van der Waals surface area contributed by atoms with Crippen molar-refractivity contribution in [3.8, 4) is 0 Å². The topological polar surface area (TPSA) is 155 Å². The molecule has 4 aromatic rings. The standard InChI is InChI=1S/C28H33N7O4/c29-19-11-12-34(14-19)28-32-25(30-13-20(17-7-3-1-4-8-17)18-9-5-2-6-10-18)22-26(33-28)35(16-31-22)27-24(38)23(37)21(15-36)39-27/h1-10,16,19-21,23-24,27,36-38H,11-15,29H2,(H,30,32,33)/t19-,21+,23+,24+,27+/m0/s1. The van der Waals surface area contributed by atoms with Crippen molar-refractivity contribution in [2.24, 2.45) is 5.73 Å². The summed E-state index contributed by atoms with van der Waals surface area (Å²) in [5, 5.41) is 34.1. The van der Waals surface area contributed by atoms with Crippen LogP contribution in [0.3, 0.4) is 0 Å². The monoisotopic (exact) mass is 531 g/mol. The van der Waals surface area contributed by atoms with Crippen molar-refractivity contribution < 1.29 is 20.1 Å². The summed E-state index contributed by atoms with van der Waals surface area (Å²) in [7, 11) is 0. The van der Waals surface area contributed by atoms with Gasteiger partial charge in [0.1, 0.15) is 18.3 Å². The Kier molecular flexibility index (Phi) is 7.15. The van der Waals surface area contributed by atoms with E-state index >= 15 is 0 Å². The Morgan fingerprint density at radius 3 is 2.28 bits per heavy atom. The van der Waals surface area contributed by atoms with Gasteiger partial charge in [-0.3, -0.25) is 4.57 Å². The van der Waals surface area contributed by atoms with Gasteiger partial charge in [0.15, 0.2) is 23.2 Å². The minimum absolute atomic E-state index is 0.0339. The molecule has 0 aliphatic carbocycles. The molecule has 6 N–H and O–H groups in total. The molecule has 2 aliphatic heterocycles. The quantitative estimate of drug-likeness (QED) is 0.224. The van der Waals surface area contributed by atoms with E-state index in [2.05, 4.69) is 34.6 Å². The summed E-state index contributed by atoms with van der Waals surface area (Å²) in [4.78, 5) is 16.3. The first kappa shape index (κ1) is 25.7. The smallest absolute Gasteiger partial charge is 0.229 e. The lowest BCUT2D eigenvalue weighted by atomic mass is 9.91. The second kappa shape index (κ2) is 10.9. The van der Waals surface area contributed by atoms with Crippen LogP contribution < -0.4 is 16.0 Å². The molecule has 0 amide bonds. The molecule has 11 nitrogen and oxygen atoms in total. The van der Waals surface area contributed by atoms with E-state index in [0.717, 1.165) is 13.0 Å². The number of nitrogens with one attached hydrogen (secondary N) is 1. The molecule has 204 valence electrons. The van der Waals surface area contributed by atoms with Gasteiger partial charge in [-0.15, -0.1) is 0 Å². The van der Waals surface area contributed by atoms with Crippen molar-refractivity contribution in [1.29, 1.82) is 0 Å². The second-order valence-corrected chi connectivity index (χ2v) is 10.2. The number of hydrogen-bond donors (Lipinski definition) is 5. The lowest BCUT2D eigenvalue weighted by molar-refractivity contribution is -0.0511. The number of nitrogens with two attached hydrogens (primary N) is 1. The van der Waals surface area contributed by atoms with Crippen LogP contribution in [0, 0.1) is 0 Å². The molecule has 0 spiro atoms. The number of aromatic nitrogens is 4. The van der Waals surface area contributed by atoms with Gasteiger partial charge in [-0.2, -0.15) is 9.97 Å². The van der Waals surface area contributed by atoms with Crippen molar-refractivity contribution in [1.82, 2.24) is 19.5 Å². The van der Waals surface area contributed by atoms with Gasteiger partial charge in [-0.1, -0.05) is 60.7 Å². The van der Waals surface area contributed by atoms with Crippen LogP contribution in [0.2, 0.25) is 0 Å². The first-order valence-electron chi connectivity index (χ1n) is 13.2. The van der Waals surface area contributed by atoms with Gasteiger partial charge in [0.2, 0.25) is 5.95 Å². The molecule has 2 aromatic heterocycles. The summed E-state index contributed by atoms with van der Waals surface area (Å²) < 4.78 is 7.38. The average molecular weight is 532 g/mol. The molecular formula is C28H33N7O4. The molecule has 0 saturated carbocycles. The number of imidazole rings is 1. The van der Waals surface area contributed by atoms with Crippen LogP contribution in [0.15, 0.2) is 67.0 Å². The van der Waals surface area contributed by atoms with Gasteiger partial charge in [-0.05, 0) is 17.5 Å². The summed E-state index contributed by atoms with van der Waals surface area (Å²) in [5.41, 5.74) is 9.49. The maximum atomic E-state index is 10.7. The molecule has 0 unspecified atom stereocenters. The third kappa shape index (κ3) is 4.95. The second-order valence-electron chi connectivity index (χ2n) is 10.2. The number of anilines is 2. The number of fused-ring (bicyclic) bond motifs is 1. The molecule has 2 saturated heterocycles. The number of aliphatic hydroxyl groups excluding tert-OH is 3. The molecule has 2 fully saturated rings. The van der Waals surface area contributed by atoms with Gasteiger partial charge in [-0.25, -0.2) is 4.98 Å². The molecule has 2 aromatic carbocycles. The third-order valence-electron chi connectivity index (χ3n) is 7.59. The molecule has 0 radical (unpaired) electrons. The molecule has 5 atom stereocenters. The number of nitrogens with zero attached hydrogens (tertiary/aromatic N) is 5. The Morgan fingerprint density at radius 2 is 1.69 bits per heavy atom. The van der Waals surface area contributed by atoms with E-state index in [1.54, 1.807) is 4.57 Å². The highest BCUT2D eigenvalue weighted by Gasteiger charge is 2.44. The first-order valence-corrected chi connectivity index (χ1v) is 13.2. The summed E-state index contributed by atoms with van der Waals surface area (Å²) in [5.74, 6) is 1.11. The van der Waals surface area contributed by atoms with Crippen LogP contribution in [0.25, 0.3) is 11.2 Å². The van der Waals surface area contributed by atoms with Crippen LogP contribution in [0.5, 0.6) is 0 Å². The number of ether oxygens (including phenoxy) is 1. The summed E-state index contributed by atoms with van der Waals surface area (Å²) in [6.45, 7) is 1.49.